The van der Waals surface area contributed by atoms with Gasteiger partial charge >= 0.3 is 12.1 Å². The van der Waals surface area contributed by atoms with Gasteiger partial charge in [-0.1, -0.05) is 60.7 Å². The number of amides is 1. The second kappa shape index (κ2) is 9.05. The zero-order valence-electron chi connectivity index (χ0n) is 16.2. The molecule has 0 spiro atoms. The Hall–Kier alpha value is -3.93. The van der Waals surface area contributed by atoms with E-state index in [4.69, 9.17) is 9.47 Å². The van der Waals surface area contributed by atoms with Crippen LogP contribution < -0.4 is 0 Å². The highest BCUT2D eigenvalue weighted by Gasteiger charge is 2.37. The second-order valence-electron chi connectivity index (χ2n) is 6.74. The number of hydrogen-bond acceptors (Lipinski definition) is 5. The summed E-state index contributed by atoms with van der Waals surface area (Å²) in [6, 6.07) is 22.2. The molecule has 6 nitrogen and oxygen atoms in total. The highest BCUT2D eigenvalue weighted by atomic mass is 16.6. The monoisotopic (exact) mass is 400 g/mol. The van der Waals surface area contributed by atoms with Gasteiger partial charge < -0.3 is 9.47 Å². The molecule has 150 valence electrons. The van der Waals surface area contributed by atoms with Crippen molar-refractivity contribution in [3.8, 4) is 0 Å². The Morgan fingerprint density at radius 1 is 1.07 bits per heavy atom. The summed E-state index contributed by atoms with van der Waals surface area (Å²) in [5.41, 5.74) is 2.80. The van der Waals surface area contributed by atoms with Crippen molar-refractivity contribution in [2.45, 2.75) is 12.6 Å². The number of rotatable bonds is 6. The van der Waals surface area contributed by atoms with Crippen molar-refractivity contribution in [1.29, 1.82) is 0 Å². The fraction of sp³-hybridized carbons (Fsp3) is 0.125. The molecule has 1 atom stereocenters. The van der Waals surface area contributed by atoms with E-state index in [-0.39, 0.29) is 19.3 Å². The molecule has 6 heteroatoms. The van der Waals surface area contributed by atoms with Crippen molar-refractivity contribution < 1.29 is 19.1 Å². The van der Waals surface area contributed by atoms with Gasteiger partial charge in [0.15, 0.2) is 0 Å². The normalized spacial score (nSPS) is 16.3. The molecule has 1 aromatic heterocycles. The summed E-state index contributed by atoms with van der Waals surface area (Å²) in [7, 11) is 0. The van der Waals surface area contributed by atoms with Crippen LogP contribution in [0.3, 0.4) is 0 Å². The van der Waals surface area contributed by atoms with Crippen molar-refractivity contribution in [2.75, 3.05) is 6.61 Å². The fourth-order valence-electron chi connectivity index (χ4n) is 3.30. The van der Waals surface area contributed by atoms with Crippen LogP contribution in [0.1, 0.15) is 22.7 Å². The lowest BCUT2D eigenvalue weighted by atomic mass is 10.0. The molecule has 1 fully saturated rings. The summed E-state index contributed by atoms with van der Waals surface area (Å²) in [5, 5.41) is 0. The molecular weight excluding hydrogens is 380 g/mol. The SMILES string of the molecule is O=C(C=C(c1cccnc1)N1C(=O)OC[C@H]1c1ccccc1)OCc1ccccc1. The van der Waals surface area contributed by atoms with E-state index in [1.807, 2.05) is 60.7 Å². The minimum absolute atomic E-state index is 0.142. The van der Waals surface area contributed by atoms with E-state index in [2.05, 4.69) is 4.98 Å². The summed E-state index contributed by atoms with van der Waals surface area (Å²) in [5.74, 6) is -0.552. The Morgan fingerprint density at radius 2 is 1.80 bits per heavy atom. The van der Waals surface area contributed by atoms with Crippen LogP contribution in [0, 0.1) is 0 Å². The van der Waals surface area contributed by atoms with Crippen LogP contribution in [0.2, 0.25) is 0 Å². The fourth-order valence-corrected chi connectivity index (χ4v) is 3.30. The van der Waals surface area contributed by atoms with Crippen molar-refractivity contribution in [2.24, 2.45) is 0 Å². The summed E-state index contributed by atoms with van der Waals surface area (Å²) >= 11 is 0. The maximum absolute atomic E-state index is 12.6. The summed E-state index contributed by atoms with van der Waals surface area (Å²) in [4.78, 5) is 30.8. The lowest BCUT2D eigenvalue weighted by Gasteiger charge is -2.24. The molecule has 1 amide bonds. The number of esters is 1. The van der Waals surface area contributed by atoms with Crippen molar-refractivity contribution in [3.05, 3.63) is 108 Å². The predicted octanol–water partition coefficient (Wildman–Crippen LogP) is 4.36. The maximum atomic E-state index is 12.6. The number of aromatic nitrogens is 1. The number of carbonyl (C=O) groups excluding carboxylic acids is 2. The van der Waals surface area contributed by atoms with Gasteiger partial charge in [-0.25, -0.2) is 9.59 Å². The lowest BCUT2D eigenvalue weighted by molar-refractivity contribution is -0.138. The number of benzene rings is 2. The molecule has 0 aliphatic carbocycles. The smallest absolute Gasteiger partial charge is 0.415 e. The summed E-state index contributed by atoms with van der Waals surface area (Å²) in [6.45, 7) is 0.336. The molecule has 2 heterocycles. The van der Waals surface area contributed by atoms with Gasteiger partial charge in [-0.3, -0.25) is 9.88 Å². The first kappa shape index (κ1) is 19.4. The average Bonchev–Trinajstić information content (AvgIpc) is 3.19. The summed E-state index contributed by atoms with van der Waals surface area (Å²) in [6.07, 6.45) is 4.04. The Labute approximate surface area is 174 Å². The number of cyclic esters (lactones) is 1. The largest absolute Gasteiger partial charge is 0.458 e. The number of nitrogens with zero attached hydrogens (tertiary/aromatic N) is 2. The Balaban J connectivity index is 1.65. The molecule has 0 bridgehead atoms. The van der Waals surface area contributed by atoms with E-state index >= 15 is 0 Å². The zero-order valence-corrected chi connectivity index (χ0v) is 16.2. The van der Waals surface area contributed by atoms with Gasteiger partial charge in [0.1, 0.15) is 13.2 Å². The van der Waals surface area contributed by atoms with Gasteiger partial charge in [0.05, 0.1) is 11.7 Å². The molecular formula is C24H20N2O4. The van der Waals surface area contributed by atoms with Gasteiger partial charge in [-0.2, -0.15) is 0 Å². The molecule has 0 N–H and O–H groups in total. The first-order chi connectivity index (χ1) is 14.7. The van der Waals surface area contributed by atoms with E-state index in [1.54, 1.807) is 24.5 Å². The highest BCUT2D eigenvalue weighted by Crippen LogP contribution is 2.35. The van der Waals surface area contributed by atoms with E-state index < -0.39 is 12.1 Å². The molecule has 0 radical (unpaired) electrons. The van der Waals surface area contributed by atoms with E-state index in [1.165, 1.54) is 11.0 Å². The van der Waals surface area contributed by atoms with Crippen LogP contribution in [0.4, 0.5) is 4.79 Å². The van der Waals surface area contributed by atoms with Gasteiger partial charge in [0, 0.05) is 24.0 Å². The standard InChI is InChI=1S/C24H20N2O4/c27-23(29-16-18-8-3-1-4-9-18)14-21(20-12-7-13-25-15-20)26-22(17-30-24(26)28)19-10-5-2-6-11-19/h1-15,22H,16-17H2/t22-/m0/s1. The Bertz CT molecular complexity index is 1040. The highest BCUT2D eigenvalue weighted by molar-refractivity contribution is 5.95. The van der Waals surface area contributed by atoms with Gasteiger partial charge in [-0.15, -0.1) is 0 Å². The molecule has 3 aromatic rings. The van der Waals surface area contributed by atoms with Gasteiger partial charge in [0.2, 0.25) is 0 Å². The molecule has 0 unspecified atom stereocenters. The first-order valence-electron chi connectivity index (χ1n) is 9.56. The van der Waals surface area contributed by atoms with Gasteiger partial charge in [0.25, 0.3) is 0 Å². The van der Waals surface area contributed by atoms with Crippen LogP contribution in [0.5, 0.6) is 0 Å². The number of carbonyl (C=O) groups is 2. The first-order valence-corrected chi connectivity index (χ1v) is 9.56. The van der Waals surface area contributed by atoms with Crippen LogP contribution in [0.15, 0.2) is 91.3 Å². The molecule has 0 saturated carbocycles. The molecule has 1 saturated heterocycles. The quantitative estimate of drug-likeness (QED) is 0.454. The van der Waals surface area contributed by atoms with Crippen LogP contribution in [0.25, 0.3) is 5.70 Å². The van der Waals surface area contributed by atoms with E-state index in [9.17, 15) is 9.59 Å². The van der Waals surface area contributed by atoms with E-state index in [0.717, 1.165) is 11.1 Å². The second-order valence-corrected chi connectivity index (χ2v) is 6.74. The maximum Gasteiger partial charge on any atom is 0.415 e. The minimum Gasteiger partial charge on any atom is -0.458 e. The topological polar surface area (TPSA) is 68.7 Å². The molecule has 4 rings (SSSR count). The number of ether oxygens (including phenoxy) is 2. The third kappa shape index (κ3) is 4.38. The Kier molecular flexibility index (Phi) is 5.85. The third-order valence-corrected chi connectivity index (χ3v) is 4.75. The Morgan fingerprint density at radius 3 is 2.50 bits per heavy atom. The van der Waals surface area contributed by atoms with E-state index in [0.29, 0.717) is 11.3 Å². The summed E-state index contributed by atoms with van der Waals surface area (Å²) < 4.78 is 10.7. The van der Waals surface area contributed by atoms with Crippen LogP contribution in [-0.4, -0.2) is 28.6 Å². The van der Waals surface area contributed by atoms with Crippen molar-refractivity contribution in [1.82, 2.24) is 9.88 Å². The van der Waals surface area contributed by atoms with Crippen LogP contribution in [-0.2, 0) is 20.9 Å². The molecule has 1 aliphatic rings. The number of hydrogen-bond donors (Lipinski definition) is 0. The molecule has 1 aliphatic heterocycles. The van der Waals surface area contributed by atoms with Crippen molar-refractivity contribution >= 4 is 17.8 Å². The van der Waals surface area contributed by atoms with Crippen molar-refractivity contribution in [3.63, 3.8) is 0 Å². The lowest BCUT2D eigenvalue weighted by Crippen LogP contribution is -2.27. The van der Waals surface area contributed by atoms with Gasteiger partial charge in [-0.05, 0) is 23.3 Å². The number of pyridine rings is 1. The third-order valence-electron chi connectivity index (χ3n) is 4.75. The minimum atomic E-state index is -0.552. The molecule has 30 heavy (non-hydrogen) atoms. The average molecular weight is 400 g/mol. The zero-order chi connectivity index (χ0) is 20.8. The molecule has 2 aromatic carbocycles. The predicted molar refractivity (Wildman–Crippen MR) is 111 cm³/mol. The van der Waals surface area contributed by atoms with Crippen LogP contribution >= 0.6 is 0 Å².